The molecule has 0 spiro atoms. The maximum Gasteiger partial charge on any atom is 0.161 e. The van der Waals surface area contributed by atoms with Crippen LogP contribution in [0.5, 0.6) is 11.5 Å². The molecule has 2 aliphatic rings. The van der Waals surface area contributed by atoms with Gasteiger partial charge in [-0.3, -0.25) is 4.90 Å². The summed E-state index contributed by atoms with van der Waals surface area (Å²) in [4.78, 5) is 2.59. The van der Waals surface area contributed by atoms with Gasteiger partial charge in [-0.05, 0) is 48.6 Å². The molecule has 2 unspecified atom stereocenters. The van der Waals surface area contributed by atoms with Crippen LogP contribution in [0.2, 0.25) is 0 Å². The fraction of sp³-hybridized carbons (Fsp3) is 0.600. The average molecular weight is 247 g/mol. The zero-order valence-electron chi connectivity index (χ0n) is 11.4. The Balaban J connectivity index is 1.99. The van der Waals surface area contributed by atoms with E-state index in [1.807, 2.05) is 0 Å². The first-order valence-corrected chi connectivity index (χ1v) is 6.71. The molecule has 18 heavy (non-hydrogen) atoms. The second-order valence-corrected chi connectivity index (χ2v) is 5.52. The van der Waals surface area contributed by atoms with Gasteiger partial charge in [0.2, 0.25) is 0 Å². The van der Waals surface area contributed by atoms with E-state index in [2.05, 4.69) is 24.0 Å². The smallest absolute Gasteiger partial charge is 0.161 e. The molecular weight excluding hydrogens is 226 g/mol. The summed E-state index contributed by atoms with van der Waals surface area (Å²) in [6, 6.07) is 4.91. The molecule has 0 N–H and O–H groups in total. The zero-order valence-corrected chi connectivity index (χ0v) is 11.4. The van der Waals surface area contributed by atoms with Gasteiger partial charge >= 0.3 is 0 Å². The third-order valence-corrected chi connectivity index (χ3v) is 4.35. The number of ether oxygens (including phenoxy) is 2. The molecule has 0 bridgehead atoms. The van der Waals surface area contributed by atoms with E-state index < -0.39 is 0 Å². The van der Waals surface area contributed by atoms with Crippen LogP contribution < -0.4 is 9.47 Å². The Bertz CT molecular complexity index is 458. The van der Waals surface area contributed by atoms with Crippen molar-refractivity contribution in [1.29, 1.82) is 0 Å². The van der Waals surface area contributed by atoms with Crippen molar-refractivity contribution in [2.24, 2.45) is 5.92 Å². The van der Waals surface area contributed by atoms with Crippen molar-refractivity contribution in [2.45, 2.75) is 32.4 Å². The average Bonchev–Trinajstić information content (AvgIpc) is 2.74. The summed E-state index contributed by atoms with van der Waals surface area (Å²) in [5.41, 5.74) is 2.85. The molecule has 1 fully saturated rings. The van der Waals surface area contributed by atoms with Crippen molar-refractivity contribution in [2.75, 3.05) is 20.8 Å². The summed E-state index contributed by atoms with van der Waals surface area (Å²) < 4.78 is 10.8. The molecule has 1 aromatic carbocycles. The Hall–Kier alpha value is -1.22. The normalized spacial score (nSPS) is 26.6. The van der Waals surface area contributed by atoms with Crippen LogP contribution in [0.1, 0.15) is 36.9 Å². The van der Waals surface area contributed by atoms with Crippen molar-refractivity contribution in [3.63, 3.8) is 0 Å². The Morgan fingerprint density at radius 3 is 2.61 bits per heavy atom. The van der Waals surface area contributed by atoms with Gasteiger partial charge in [-0.2, -0.15) is 0 Å². The third-order valence-electron chi connectivity index (χ3n) is 4.35. The number of piperidine rings is 1. The van der Waals surface area contributed by atoms with Crippen LogP contribution >= 0.6 is 0 Å². The number of fused-ring (bicyclic) bond motifs is 3. The van der Waals surface area contributed by atoms with E-state index in [9.17, 15) is 0 Å². The van der Waals surface area contributed by atoms with Gasteiger partial charge in [0.25, 0.3) is 0 Å². The van der Waals surface area contributed by atoms with Crippen LogP contribution in [0.4, 0.5) is 0 Å². The molecule has 98 valence electrons. The lowest BCUT2D eigenvalue weighted by Crippen LogP contribution is -2.30. The van der Waals surface area contributed by atoms with Crippen LogP contribution in [-0.4, -0.2) is 25.7 Å². The van der Waals surface area contributed by atoms with Gasteiger partial charge < -0.3 is 9.47 Å². The number of methoxy groups -OCH3 is 2. The fourth-order valence-corrected chi connectivity index (χ4v) is 3.31. The molecule has 2 atom stereocenters. The number of hydrogen-bond acceptors (Lipinski definition) is 3. The van der Waals surface area contributed by atoms with Crippen molar-refractivity contribution in [3.8, 4) is 11.5 Å². The highest BCUT2D eigenvalue weighted by Crippen LogP contribution is 2.45. The summed E-state index contributed by atoms with van der Waals surface area (Å²) in [5, 5.41) is 0. The lowest BCUT2D eigenvalue weighted by atomic mass is 9.90. The van der Waals surface area contributed by atoms with Gasteiger partial charge in [-0.1, -0.05) is 6.92 Å². The van der Waals surface area contributed by atoms with Crippen molar-refractivity contribution >= 4 is 0 Å². The quantitative estimate of drug-likeness (QED) is 0.802. The number of nitrogens with zero attached hydrogens (tertiary/aromatic N) is 1. The van der Waals surface area contributed by atoms with Crippen LogP contribution in [0.25, 0.3) is 0 Å². The molecule has 0 radical (unpaired) electrons. The molecule has 1 saturated heterocycles. The molecule has 3 heteroatoms. The van der Waals surface area contributed by atoms with Gasteiger partial charge in [0, 0.05) is 12.6 Å². The van der Waals surface area contributed by atoms with Crippen molar-refractivity contribution in [1.82, 2.24) is 4.90 Å². The van der Waals surface area contributed by atoms with Crippen molar-refractivity contribution in [3.05, 3.63) is 23.3 Å². The first-order chi connectivity index (χ1) is 8.72. The lowest BCUT2D eigenvalue weighted by Gasteiger charge is -2.33. The topological polar surface area (TPSA) is 21.7 Å². The molecule has 0 aliphatic carbocycles. The predicted molar refractivity (Wildman–Crippen MR) is 71.1 cm³/mol. The van der Waals surface area contributed by atoms with E-state index in [-0.39, 0.29) is 0 Å². The van der Waals surface area contributed by atoms with Gasteiger partial charge in [0.15, 0.2) is 11.5 Å². The summed E-state index contributed by atoms with van der Waals surface area (Å²) >= 11 is 0. The van der Waals surface area contributed by atoms with E-state index in [0.717, 1.165) is 24.0 Å². The molecule has 1 aromatic rings. The Kier molecular flexibility index (Phi) is 2.94. The molecular formula is C15H21NO2. The summed E-state index contributed by atoms with van der Waals surface area (Å²) in [6.45, 7) is 4.63. The van der Waals surface area contributed by atoms with Gasteiger partial charge in [-0.15, -0.1) is 0 Å². The lowest BCUT2D eigenvalue weighted by molar-refractivity contribution is 0.131. The number of benzene rings is 1. The van der Waals surface area contributed by atoms with Gasteiger partial charge in [0.05, 0.1) is 14.2 Å². The summed E-state index contributed by atoms with van der Waals surface area (Å²) in [5.74, 6) is 2.53. The zero-order chi connectivity index (χ0) is 12.7. The van der Waals surface area contributed by atoms with E-state index in [0.29, 0.717) is 6.04 Å². The van der Waals surface area contributed by atoms with E-state index in [1.54, 1.807) is 14.2 Å². The number of rotatable bonds is 2. The van der Waals surface area contributed by atoms with E-state index >= 15 is 0 Å². The maximum atomic E-state index is 5.42. The monoisotopic (exact) mass is 247 g/mol. The minimum Gasteiger partial charge on any atom is -0.493 e. The van der Waals surface area contributed by atoms with Gasteiger partial charge in [0.1, 0.15) is 0 Å². The van der Waals surface area contributed by atoms with Crippen LogP contribution in [-0.2, 0) is 6.54 Å². The Morgan fingerprint density at radius 2 is 1.89 bits per heavy atom. The first kappa shape index (κ1) is 11.8. The van der Waals surface area contributed by atoms with E-state index in [1.165, 1.54) is 30.5 Å². The first-order valence-electron chi connectivity index (χ1n) is 6.71. The largest absolute Gasteiger partial charge is 0.493 e. The minimum atomic E-state index is 0.587. The molecule has 2 aliphatic heterocycles. The minimum absolute atomic E-state index is 0.587. The van der Waals surface area contributed by atoms with Crippen LogP contribution in [0.15, 0.2) is 12.1 Å². The van der Waals surface area contributed by atoms with Crippen LogP contribution in [0, 0.1) is 5.92 Å². The second kappa shape index (κ2) is 4.47. The van der Waals surface area contributed by atoms with Crippen molar-refractivity contribution < 1.29 is 9.47 Å². The summed E-state index contributed by atoms with van der Waals surface area (Å²) in [6.07, 6.45) is 2.58. The number of hydrogen-bond donors (Lipinski definition) is 0. The Morgan fingerprint density at radius 1 is 1.17 bits per heavy atom. The molecule has 0 saturated carbocycles. The molecule has 3 nitrogen and oxygen atoms in total. The maximum absolute atomic E-state index is 5.42. The predicted octanol–water partition coefficient (Wildman–Crippen LogP) is 2.99. The highest BCUT2D eigenvalue weighted by molar-refractivity contribution is 5.50. The highest BCUT2D eigenvalue weighted by Gasteiger charge is 2.35. The van der Waals surface area contributed by atoms with Crippen LogP contribution in [0.3, 0.4) is 0 Å². The molecule has 0 aromatic heterocycles. The molecule has 2 heterocycles. The SMILES string of the molecule is COc1cc2c(cc1OC)C1CC(C)CCN1C2. The van der Waals surface area contributed by atoms with Gasteiger partial charge in [-0.25, -0.2) is 0 Å². The Labute approximate surface area is 109 Å². The molecule has 3 rings (SSSR count). The third kappa shape index (κ3) is 1.77. The van der Waals surface area contributed by atoms with E-state index in [4.69, 9.17) is 9.47 Å². The fourth-order valence-electron chi connectivity index (χ4n) is 3.31. The molecule has 0 amide bonds. The summed E-state index contributed by atoms with van der Waals surface area (Å²) in [7, 11) is 3.41. The standard InChI is InChI=1S/C15H21NO2/c1-10-4-5-16-9-11-7-14(17-2)15(18-3)8-12(11)13(16)6-10/h7-8,10,13H,4-6,9H2,1-3H3. The highest BCUT2D eigenvalue weighted by atomic mass is 16.5. The second-order valence-electron chi connectivity index (χ2n) is 5.52.